The molecule has 5 nitrogen and oxygen atoms in total. The molecule has 0 amide bonds. The van der Waals surface area contributed by atoms with Crippen LogP contribution in [0.3, 0.4) is 0 Å². The second-order valence-electron chi connectivity index (χ2n) is 12.3. The third kappa shape index (κ3) is 6.13. The molecule has 224 valence electrons. The quantitative estimate of drug-likeness (QED) is 0.132. The van der Waals surface area contributed by atoms with Gasteiger partial charge >= 0.3 is 0 Å². The number of hydrogen-bond donors (Lipinski definition) is 1. The Bertz CT molecular complexity index is 1330. The monoisotopic (exact) mass is 586 g/mol. The van der Waals surface area contributed by atoms with Gasteiger partial charge in [0.25, 0.3) is 8.32 Å². The van der Waals surface area contributed by atoms with E-state index in [9.17, 15) is 5.11 Å². The van der Waals surface area contributed by atoms with E-state index in [1.165, 1.54) is 10.4 Å². The Morgan fingerprint density at radius 3 is 2.00 bits per heavy atom. The van der Waals surface area contributed by atoms with Gasteiger partial charge in [-0.25, -0.2) is 0 Å². The standard InChI is InChI=1S/C36H46O5Si/c1-9-10-23-36(34(41-36)33(37)32-29(24-26(2)3)30(38-7)21-22-31(32)39-8)25-40-42(35(4,5)6,27-17-13-11-14-18-27)28-19-15-12-16-20-28/h9,11-22,33-34,37H,1-2,10,23-25H2,3-8H3/t33-,34-,36+/m0/s1. The highest BCUT2D eigenvalue weighted by Crippen LogP contribution is 2.52. The number of allylic oxidation sites excluding steroid dienone is 2. The van der Waals surface area contributed by atoms with Gasteiger partial charge in [0.2, 0.25) is 0 Å². The van der Waals surface area contributed by atoms with E-state index in [0.717, 1.165) is 17.6 Å². The summed E-state index contributed by atoms with van der Waals surface area (Å²) in [5.74, 6) is 1.29. The van der Waals surface area contributed by atoms with Crippen molar-refractivity contribution in [3.8, 4) is 11.5 Å². The number of aliphatic hydroxyl groups is 1. The number of ether oxygens (including phenoxy) is 3. The molecule has 4 rings (SSSR count). The molecule has 1 aliphatic heterocycles. The summed E-state index contributed by atoms with van der Waals surface area (Å²) in [6, 6.07) is 24.9. The summed E-state index contributed by atoms with van der Waals surface area (Å²) < 4.78 is 25.3. The van der Waals surface area contributed by atoms with E-state index in [-0.39, 0.29) is 5.04 Å². The molecule has 3 aromatic carbocycles. The average Bonchev–Trinajstić information content (AvgIpc) is 3.70. The number of hydrogen-bond acceptors (Lipinski definition) is 5. The molecule has 0 unspecified atom stereocenters. The number of epoxide rings is 1. The summed E-state index contributed by atoms with van der Waals surface area (Å²) in [5.41, 5.74) is 1.81. The Hall–Kier alpha value is -3.16. The Kier molecular flexibility index (Phi) is 9.83. The first kappa shape index (κ1) is 31.8. The fraction of sp³-hybridized carbons (Fsp3) is 0.389. The molecule has 3 atom stereocenters. The maximum absolute atomic E-state index is 12.0. The molecule has 0 aliphatic carbocycles. The Balaban J connectivity index is 1.77. The molecular weight excluding hydrogens is 540 g/mol. The first-order chi connectivity index (χ1) is 20.0. The van der Waals surface area contributed by atoms with Crippen LogP contribution in [-0.2, 0) is 15.6 Å². The molecule has 3 aromatic rings. The van der Waals surface area contributed by atoms with Gasteiger partial charge in [0.05, 0.1) is 20.8 Å². The highest BCUT2D eigenvalue weighted by molar-refractivity contribution is 6.99. The van der Waals surface area contributed by atoms with Crippen LogP contribution in [0, 0.1) is 0 Å². The van der Waals surface area contributed by atoms with Crippen molar-refractivity contribution in [1.29, 1.82) is 0 Å². The molecule has 1 fully saturated rings. The van der Waals surface area contributed by atoms with Crippen LogP contribution in [0.5, 0.6) is 11.5 Å². The van der Waals surface area contributed by atoms with Crippen molar-refractivity contribution < 1.29 is 23.7 Å². The van der Waals surface area contributed by atoms with Crippen LogP contribution < -0.4 is 19.8 Å². The highest BCUT2D eigenvalue weighted by Gasteiger charge is 2.62. The van der Waals surface area contributed by atoms with E-state index < -0.39 is 26.1 Å². The third-order valence-corrected chi connectivity index (χ3v) is 13.3. The van der Waals surface area contributed by atoms with Gasteiger partial charge in [-0.1, -0.05) is 99.7 Å². The van der Waals surface area contributed by atoms with Crippen LogP contribution in [0.15, 0.2) is 97.6 Å². The van der Waals surface area contributed by atoms with Crippen LogP contribution in [0.4, 0.5) is 0 Å². The van der Waals surface area contributed by atoms with Crippen LogP contribution >= 0.6 is 0 Å². The molecule has 0 aromatic heterocycles. The molecule has 6 heteroatoms. The molecule has 1 heterocycles. The van der Waals surface area contributed by atoms with Gasteiger partial charge in [-0.15, -0.1) is 6.58 Å². The summed E-state index contributed by atoms with van der Waals surface area (Å²) in [5, 5.41) is 14.2. The Morgan fingerprint density at radius 2 is 1.52 bits per heavy atom. The SMILES string of the molecule is C=CCC[C@]1(CO[Si](c2ccccc2)(c2ccccc2)C(C)(C)C)O[C@H]1[C@@H](O)c1c(OC)ccc(OC)c1CC(=C)C. The number of rotatable bonds is 14. The highest BCUT2D eigenvalue weighted by atomic mass is 28.4. The zero-order valence-electron chi connectivity index (χ0n) is 26.0. The average molecular weight is 587 g/mol. The van der Waals surface area contributed by atoms with Gasteiger partial charge in [0.15, 0.2) is 0 Å². The molecule has 42 heavy (non-hydrogen) atoms. The van der Waals surface area contributed by atoms with Gasteiger partial charge in [-0.05, 0) is 53.7 Å². The lowest BCUT2D eigenvalue weighted by Crippen LogP contribution is -2.67. The summed E-state index contributed by atoms with van der Waals surface area (Å²) in [4.78, 5) is 0. The smallest absolute Gasteiger partial charge is 0.261 e. The van der Waals surface area contributed by atoms with Crippen molar-refractivity contribution >= 4 is 18.7 Å². The summed E-state index contributed by atoms with van der Waals surface area (Å²) in [7, 11) is 0.446. The molecule has 1 aliphatic rings. The number of methoxy groups -OCH3 is 2. The van der Waals surface area contributed by atoms with Crippen molar-refractivity contribution in [2.75, 3.05) is 20.8 Å². The lowest BCUT2D eigenvalue weighted by Gasteiger charge is -2.43. The second-order valence-corrected chi connectivity index (χ2v) is 16.6. The maximum atomic E-state index is 12.0. The van der Waals surface area contributed by atoms with Crippen LogP contribution in [-0.4, -0.2) is 46.0 Å². The Labute approximate surface area is 252 Å². The molecule has 0 saturated carbocycles. The van der Waals surface area contributed by atoms with E-state index in [2.05, 4.69) is 82.5 Å². The topological polar surface area (TPSA) is 60.5 Å². The zero-order valence-corrected chi connectivity index (χ0v) is 27.0. The van der Waals surface area contributed by atoms with Crippen LogP contribution in [0.25, 0.3) is 0 Å². The van der Waals surface area contributed by atoms with E-state index in [0.29, 0.717) is 36.5 Å². The minimum Gasteiger partial charge on any atom is -0.496 e. The van der Waals surface area contributed by atoms with Gasteiger partial charge in [-0.2, -0.15) is 0 Å². The van der Waals surface area contributed by atoms with Crippen LogP contribution in [0.2, 0.25) is 5.04 Å². The van der Waals surface area contributed by atoms with E-state index in [1.807, 2.05) is 37.3 Å². The first-order valence-electron chi connectivity index (χ1n) is 14.6. The molecule has 0 spiro atoms. The fourth-order valence-corrected chi connectivity index (χ4v) is 10.9. The number of benzene rings is 3. The largest absolute Gasteiger partial charge is 0.496 e. The summed E-state index contributed by atoms with van der Waals surface area (Å²) in [6.45, 7) is 17.2. The predicted octanol–water partition coefficient (Wildman–Crippen LogP) is 6.54. The van der Waals surface area contributed by atoms with E-state index >= 15 is 0 Å². The van der Waals surface area contributed by atoms with Crippen molar-refractivity contribution in [1.82, 2.24) is 0 Å². The van der Waals surface area contributed by atoms with E-state index in [4.69, 9.17) is 18.6 Å². The first-order valence-corrected chi connectivity index (χ1v) is 16.6. The molecule has 1 N–H and O–H groups in total. The minimum atomic E-state index is -2.81. The predicted molar refractivity (Wildman–Crippen MR) is 174 cm³/mol. The minimum absolute atomic E-state index is 0.178. The maximum Gasteiger partial charge on any atom is 0.261 e. The third-order valence-electron chi connectivity index (χ3n) is 8.32. The van der Waals surface area contributed by atoms with Crippen molar-refractivity contribution in [3.63, 3.8) is 0 Å². The number of aliphatic hydroxyl groups excluding tert-OH is 1. The molecule has 1 saturated heterocycles. The van der Waals surface area contributed by atoms with Gasteiger partial charge < -0.3 is 23.7 Å². The second kappa shape index (κ2) is 13.0. The Morgan fingerprint density at radius 1 is 0.976 bits per heavy atom. The zero-order chi connectivity index (χ0) is 30.5. The van der Waals surface area contributed by atoms with Crippen molar-refractivity contribution in [2.45, 2.75) is 69.8 Å². The van der Waals surface area contributed by atoms with E-state index in [1.54, 1.807) is 14.2 Å². The lowest BCUT2D eigenvalue weighted by atomic mass is 9.89. The van der Waals surface area contributed by atoms with Gasteiger partial charge in [0.1, 0.15) is 29.3 Å². The fourth-order valence-electron chi connectivity index (χ4n) is 6.25. The lowest BCUT2D eigenvalue weighted by molar-refractivity contribution is 0.131. The summed E-state index contributed by atoms with van der Waals surface area (Å²) in [6.07, 6.45) is 2.43. The molecular formula is C36H46O5Si. The van der Waals surface area contributed by atoms with Gasteiger partial charge in [-0.3, -0.25) is 0 Å². The van der Waals surface area contributed by atoms with Crippen molar-refractivity contribution in [3.05, 3.63) is 109 Å². The summed E-state index contributed by atoms with van der Waals surface area (Å²) >= 11 is 0. The molecule has 0 radical (unpaired) electrons. The van der Waals surface area contributed by atoms with Crippen molar-refractivity contribution in [2.24, 2.45) is 0 Å². The van der Waals surface area contributed by atoms with Crippen LogP contribution in [0.1, 0.15) is 57.8 Å². The normalized spacial score (nSPS) is 19.2. The van der Waals surface area contributed by atoms with Gasteiger partial charge in [0, 0.05) is 11.1 Å². The molecule has 0 bridgehead atoms.